The van der Waals surface area contributed by atoms with Crippen LogP contribution in [0.5, 0.6) is 0 Å². The van der Waals surface area contributed by atoms with Gasteiger partial charge in [0.1, 0.15) is 11.5 Å². The van der Waals surface area contributed by atoms with Crippen LogP contribution in [0.25, 0.3) is 0 Å². The van der Waals surface area contributed by atoms with E-state index in [0.29, 0.717) is 16.3 Å². The van der Waals surface area contributed by atoms with Gasteiger partial charge in [-0.05, 0) is 30.3 Å². The lowest BCUT2D eigenvalue weighted by molar-refractivity contribution is 0.102. The number of hydrogen-bond donors (Lipinski definition) is 2. The fourth-order valence-corrected chi connectivity index (χ4v) is 1.74. The van der Waals surface area contributed by atoms with Crippen LogP contribution in [0.4, 0.5) is 10.1 Å². The normalized spacial score (nSPS) is 9.67. The molecule has 0 saturated carbocycles. The van der Waals surface area contributed by atoms with Crippen LogP contribution in [-0.2, 0) is 0 Å². The molecule has 1 amide bonds. The Bertz CT molecular complexity index is 720. The lowest BCUT2D eigenvalue weighted by atomic mass is 10.1. The van der Waals surface area contributed by atoms with E-state index in [1.54, 1.807) is 18.2 Å². The maximum atomic E-state index is 12.8. The van der Waals surface area contributed by atoms with Gasteiger partial charge in [-0.25, -0.2) is 9.37 Å². The van der Waals surface area contributed by atoms with Gasteiger partial charge in [-0.3, -0.25) is 4.79 Å². The van der Waals surface area contributed by atoms with E-state index in [1.165, 1.54) is 12.1 Å². The standard InChI is InChI=1S/C15H11ClFN3O/c16-11-3-5-13(10(8-11)2-1-7-18)20-15(21)14-6-4-12(17)9-19-14/h3-6,8-9H,7,18H2,(H,20,21). The van der Waals surface area contributed by atoms with Crippen molar-refractivity contribution in [2.24, 2.45) is 5.73 Å². The molecule has 2 rings (SSSR count). The predicted octanol–water partition coefficient (Wildman–Crippen LogP) is 2.44. The summed E-state index contributed by atoms with van der Waals surface area (Å²) in [4.78, 5) is 15.7. The van der Waals surface area contributed by atoms with Crippen molar-refractivity contribution in [2.45, 2.75) is 0 Å². The molecule has 0 aliphatic heterocycles. The van der Waals surface area contributed by atoms with Gasteiger partial charge in [-0.1, -0.05) is 23.4 Å². The van der Waals surface area contributed by atoms with Crippen LogP contribution in [0.15, 0.2) is 36.5 Å². The maximum Gasteiger partial charge on any atom is 0.274 e. The lowest BCUT2D eigenvalue weighted by Gasteiger charge is -2.07. The van der Waals surface area contributed by atoms with E-state index in [4.69, 9.17) is 17.3 Å². The molecular weight excluding hydrogens is 293 g/mol. The molecule has 3 N–H and O–H groups in total. The molecule has 2 aromatic rings. The van der Waals surface area contributed by atoms with Crippen LogP contribution in [0.3, 0.4) is 0 Å². The molecule has 0 radical (unpaired) electrons. The number of nitrogens with two attached hydrogens (primary N) is 1. The number of hydrogen-bond acceptors (Lipinski definition) is 3. The Kier molecular flexibility index (Phi) is 4.88. The highest BCUT2D eigenvalue weighted by Crippen LogP contribution is 2.20. The first-order valence-corrected chi connectivity index (χ1v) is 6.39. The number of nitrogens with zero attached hydrogens (tertiary/aromatic N) is 1. The molecule has 4 nitrogen and oxygen atoms in total. The third-order valence-electron chi connectivity index (χ3n) is 2.51. The van der Waals surface area contributed by atoms with Crippen molar-refractivity contribution >= 4 is 23.2 Å². The van der Waals surface area contributed by atoms with Crippen molar-refractivity contribution in [3.05, 3.63) is 58.6 Å². The Morgan fingerprint density at radius 2 is 2.19 bits per heavy atom. The van der Waals surface area contributed by atoms with E-state index >= 15 is 0 Å². The van der Waals surface area contributed by atoms with Crippen LogP contribution in [0.1, 0.15) is 16.1 Å². The first-order valence-electron chi connectivity index (χ1n) is 6.01. The molecule has 0 atom stereocenters. The number of nitrogens with one attached hydrogen (secondary N) is 1. The lowest BCUT2D eigenvalue weighted by Crippen LogP contribution is -2.14. The van der Waals surface area contributed by atoms with Crippen molar-refractivity contribution in [1.29, 1.82) is 0 Å². The second-order valence-corrected chi connectivity index (χ2v) is 4.45. The molecule has 1 heterocycles. The minimum Gasteiger partial charge on any atom is -0.320 e. The number of halogens is 2. The van der Waals surface area contributed by atoms with E-state index in [-0.39, 0.29) is 12.2 Å². The van der Waals surface area contributed by atoms with Gasteiger partial charge in [-0.2, -0.15) is 0 Å². The van der Waals surface area contributed by atoms with E-state index in [1.807, 2.05) is 0 Å². The van der Waals surface area contributed by atoms with Gasteiger partial charge in [0.15, 0.2) is 0 Å². The van der Waals surface area contributed by atoms with Gasteiger partial charge in [0.2, 0.25) is 0 Å². The van der Waals surface area contributed by atoms with Crippen molar-refractivity contribution < 1.29 is 9.18 Å². The van der Waals surface area contributed by atoms with Crippen LogP contribution in [-0.4, -0.2) is 17.4 Å². The fourth-order valence-electron chi connectivity index (χ4n) is 1.57. The van der Waals surface area contributed by atoms with Gasteiger partial charge in [0.25, 0.3) is 5.91 Å². The van der Waals surface area contributed by atoms with Gasteiger partial charge in [0.05, 0.1) is 18.4 Å². The number of rotatable bonds is 2. The van der Waals surface area contributed by atoms with Crippen LogP contribution in [0, 0.1) is 17.7 Å². The highest BCUT2D eigenvalue weighted by Gasteiger charge is 2.10. The van der Waals surface area contributed by atoms with Crippen LogP contribution in [0.2, 0.25) is 5.02 Å². The number of pyridine rings is 1. The number of carbonyl (C=O) groups is 1. The quantitative estimate of drug-likeness (QED) is 0.837. The second kappa shape index (κ2) is 6.84. The highest BCUT2D eigenvalue weighted by molar-refractivity contribution is 6.30. The van der Waals surface area contributed by atoms with Gasteiger partial charge < -0.3 is 11.1 Å². The van der Waals surface area contributed by atoms with Gasteiger partial charge in [0, 0.05) is 10.6 Å². The summed E-state index contributed by atoms with van der Waals surface area (Å²) in [5.41, 5.74) is 6.46. The maximum absolute atomic E-state index is 12.8. The summed E-state index contributed by atoms with van der Waals surface area (Å²) in [6, 6.07) is 7.34. The summed E-state index contributed by atoms with van der Waals surface area (Å²) in [6.45, 7) is 0.194. The van der Waals surface area contributed by atoms with Crippen molar-refractivity contribution in [1.82, 2.24) is 4.98 Å². The molecule has 106 valence electrons. The number of aromatic nitrogens is 1. The summed E-state index contributed by atoms with van der Waals surface area (Å²) in [5.74, 6) is 4.55. The molecule has 0 fully saturated rings. The fraction of sp³-hybridized carbons (Fsp3) is 0.0667. The first kappa shape index (κ1) is 15.0. The monoisotopic (exact) mass is 303 g/mol. The van der Waals surface area contributed by atoms with Gasteiger partial charge >= 0.3 is 0 Å². The summed E-state index contributed by atoms with van der Waals surface area (Å²) in [7, 11) is 0. The largest absolute Gasteiger partial charge is 0.320 e. The zero-order chi connectivity index (χ0) is 15.2. The second-order valence-electron chi connectivity index (χ2n) is 4.01. The zero-order valence-electron chi connectivity index (χ0n) is 10.9. The van der Waals surface area contributed by atoms with Crippen LogP contribution >= 0.6 is 11.6 Å². The van der Waals surface area contributed by atoms with Crippen molar-refractivity contribution in [2.75, 3.05) is 11.9 Å². The van der Waals surface area contributed by atoms with E-state index in [9.17, 15) is 9.18 Å². The number of anilines is 1. The molecule has 0 bridgehead atoms. The van der Waals surface area contributed by atoms with E-state index in [2.05, 4.69) is 22.1 Å². The molecule has 0 aliphatic carbocycles. The molecule has 0 saturated heterocycles. The molecule has 1 aromatic heterocycles. The SMILES string of the molecule is NCC#Cc1cc(Cl)ccc1NC(=O)c1ccc(F)cn1. The molecule has 6 heteroatoms. The Hall–Kier alpha value is -2.42. The minimum atomic E-state index is -0.507. The molecule has 0 spiro atoms. The third kappa shape index (κ3) is 4.02. The van der Waals surface area contributed by atoms with E-state index < -0.39 is 11.7 Å². The number of benzene rings is 1. The molecule has 1 aromatic carbocycles. The van der Waals surface area contributed by atoms with Crippen molar-refractivity contribution in [3.63, 3.8) is 0 Å². The highest BCUT2D eigenvalue weighted by atomic mass is 35.5. The average Bonchev–Trinajstić information content (AvgIpc) is 2.48. The Morgan fingerprint density at radius 1 is 1.38 bits per heavy atom. The number of carbonyl (C=O) groups excluding carboxylic acids is 1. The number of amides is 1. The molecule has 0 unspecified atom stereocenters. The molecular formula is C15H11ClFN3O. The first-order chi connectivity index (χ1) is 10.1. The molecule has 0 aliphatic rings. The summed E-state index contributed by atoms with van der Waals surface area (Å²) in [5, 5.41) is 3.15. The molecule has 21 heavy (non-hydrogen) atoms. The Balaban J connectivity index is 2.26. The summed E-state index contributed by atoms with van der Waals surface area (Å²) < 4.78 is 12.8. The zero-order valence-corrected chi connectivity index (χ0v) is 11.6. The summed E-state index contributed by atoms with van der Waals surface area (Å²) >= 11 is 5.90. The topological polar surface area (TPSA) is 68.0 Å². The minimum absolute atomic E-state index is 0.101. The van der Waals surface area contributed by atoms with Crippen molar-refractivity contribution in [3.8, 4) is 11.8 Å². The Morgan fingerprint density at radius 3 is 2.86 bits per heavy atom. The average molecular weight is 304 g/mol. The smallest absolute Gasteiger partial charge is 0.274 e. The van der Waals surface area contributed by atoms with E-state index in [0.717, 1.165) is 6.20 Å². The summed E-state index contributed by atoms with van der Waals surface area (Å²) in [6.07, 6.45) is 0.978. The Labute approximate surface area is 126 Å². The predicted molar refractivity (Wildman–Crippen MR) is 79.5 cm³/mol. The van der Waals surface area contributed by atoms with Gasteiger partial charge in [-0.15, -0.1) is 0 Å². The third-order valence-corrected chi connectivity index (χ3v) is 2.75. The van der Waals surface area contributed by atoms with Crippen LogP contribution < -0.4 is 11.1 Å².